The van der Waals surface area contributed by atoms with E-state index >= 15 is 0 Å². The molecule has 0 spiro atoms. The van der Waals surface area contributed by atoms with E-state index in [4.69, 9.17) is 0 Å². The summed E-state index contributed by atoms with van der Waals surface area (Å²) in [5.41, 5.74) is 15.7. The Kier molecular flexibility index (Phi) is 16.5. The number of benzene rings is 9. The average Bonchev–Trinajstić information content (AvgIpc) is 3.78. The van der Waals surface area contributed by atoms with Gasteiger partial charge in [-0.1, -0.05) is 241 Å². The van der Waals surface area contributed by atoms with Crippen LogP contribution in [0, 0.1) is 6.08 Å². The third-order valence-corrected chi connectivity index (χ3v) is 17.1. The molecule has 0 aliphatic heterocycles. The van der Waals surface area contributed by atoms with E-state index < -0.39 is 8.07 Å². The summed E-state index contributed by atoms with van der Waals surface area (Å²) >= 11 is 0. The maximum Gasteiger partial charge on any atom is 0.0995 e. The van der Waals surface area contributed by atoms with Crippen molar-refractivity contribution in [1.82, 2.24) is 0 Å². The van der Waals surface area contributed by atoms with Crippen LogP contribution < -0.4 is 15.6 Å². The molecule has 9 aromatic carbocycles. The van der Waals surface area contributed by atoms with E-state index in [2.05, 4.69) is 256 Å². The number of allylic oxidation sites excluding steroid dienone is 4. The van der Waals surface area contributed by atoms with Crippen molar-refractivity contribution >= 4 is 60.9 Å². The first-order chi connectivity index (χ1) is 30.1. The minimum absolute atomic E-state index is 0. The molecule has 1 aliphatic rings. The maximum absolute atomic E-state index is 3.82. The van der Waals surface area contributed by atoms with E-state index in [-0.39, 0.29) is 58.9 Å². The van der Waals surface area contributed by atoms with Crippen LogP contribution in [-0.4, -0.2) is 8.07 Å². The number of rotatable bonds is 10. The molecule has 0 radical (unpaired) electrons. The number of hydrogen-bond donors (Lipinski definition) is 0. The average molecular weight is 951 g/mol. The van der Waals surface area contributed by atoms with Gasteiger partial charge in [0.05, 0.1) is 8.07 Å². The predicted molar refractivity (Wildman–Crippen MR) is 283 cm³/mol. The van der Waals surface area contributed by atoms with Crippen LogP contribution in [0.15, 0.2) is 253 Å². The van der Waals surface area contributed by atoms with Crippen LogP contribution in [0.25, 0.3) is 66.8 Å². The van der Waals surface area contributed by atoms with Crippen LogP contribution in [0.5, 0.6) is 0 Å². The molecule has 65 heavy (non-hydrogen) atoms. The maximum atomic E-state index is 3.82. The second kappa shape index (κ2) is 22.0. The van der Waals surface area contributed by atoms with Gasteiger partial charge in [-0.3, -0.25) is 6.08 Å². The monoisotopic (exact) mass is 949 g/mol. The molecular weight excluding hydrogens is 903 g/mol. The van der Waals surface area contributed by atoms with Gasteiger partial charge in [-0.05, 0) is 85.0 Å². The van der Waals surface area contributed by atoms with Crippen LogP contribution in [0.3, 0.4) is 0 Å². The second-order valence-electron chi connectivity index (χ2n) is 16.0. The first kappa shape index (κ1) is 48.7. The van der Waals surface area contributed by atoms with E-state index in [1.54, 1.807) is 0 Å². The number of hydrogen-bond acceptors (Lipinski definition) is 0. The zero-order valence-electron chi connectivity index (χ0n) is 36.0. The number of halogens is 3. The molecule has 0 nitrogen and oxygen atoms in total. The predicted octanol–water partition coefficient (Wildman–Crippen LogP) is 15.0. The van der Waals surface area contributed by atoms with Gasteiger partial charge in [0.2, 0.25) is 0 Å². The molecule has 0 N–H and O–H groups in total. The van der Waals surface area contributed by atoms with Crippen molar-refractivity contribution in [3.8, 4) is 66.8 Å². The molecule has 5 heteroatoms. The molecule has 0 heterocycles. The van der Waals surface area contributed by atoms with E-state index in [1.165, 1.54) is 93.1 Å². The molecule has 10 rings (SSSR count). The van der Waals surface area contributed by atoms with E-state index in [0.717, 1.165) is 6.42 Å². The Hall–Kier alpha value is -5.74. The van der Waals surface area contributed by atoms with Gasteiger partial charge in [0.15, 0.2) is 0 Å². The third-order valence-electron chi connectivity index (χ3n) is 12.2. The summed E-state index contributed by atoms with van der Waals surface area (Å²) in [6.45, 7) is 2.29. The van der Waals surface area contributed by atoms with Crippen molar-refractivity contribution < 1.29 is 21.7 Å². The summed E-state index contributed by atoms with van der Waals surface area (Å²) in [4.78, 5) is 0. The summed E-state index contributed by atoms with van der Waals surface area (Å²) in [5, 5.41) is 5.42. The van der Waals surface area contributed by atoms with Gasteiger partial charge in [0.1, 0.15) is 0 Å². The van der Waals surface area contributed by atoms with Crippen molar-refractivity contribution in [2.75, 3.05) is 0 Å². The Morgan fingerprint density at radius 1 is 0.308 bits per heavy atom. The van der Waals surface area contributed by atoms with E-state index in [1.807, 2.05) is 0 Å². The fourth-order valence-corrected chi connectivity index (χ4v) is 14.5. The quantitative estimate of drug-likeness (QED) is 0.0728. The molecule has 9 aromatic rings. The Morgan fingerprint density at radius 2 is 0.523 bits per heavy atom. The molecule has 0 amide bonds. The summed E-state index contributed by atoms with van der Waals surface area (Å²) < 4.78 is 0. The van der Waals surface area contributed by atoms with Crippen LogP contribution >= 0.6 is 37.2 Å². The molecule has 318 valence electrons. The molecule has 0 atom stereocenters. The third kappa shape index (κ3) is 9.93. The van der Waals surface area contributed by atoms with Crippen molar-refractivity contribution in [1.29, 1.82) is 0 Å². The van der Waals surface area contributed by atoms with Gasteiger partial charge in [-0.15, -0.1) is 43.6 Å². The first-order valence-corrected chi connectivity index (χ1v) is 23.2. The van der Waals surface area contributed by atoms with Crippen molar-refractivity contribution in [3.05, 3.63) is 260 Å². The minimum Gasteiger partial charge on any atom is -0.270 e. The molecular formula is C60H48Cl3SiTi-. The van der Waals surface area contributed by atoms with Crippen LogP contribution in [-0.2, 0) is 21.7 Å². The van der Waals surface area contributed by atoms with E-state index in [0.29, 0.717) is 0 Å². The smallest absolute Gasteiger partial charge is 0.0995 e. The summed E-state index contributed by atoms with van der Waals surface area (Å²) in [6, 6.07) is 87.8. The molecule has 1 aliphatic carbocycles. The Morgan fingerprint density at radius 3 is 0.708 bits per heavy atom. The molecule has 0 saturated heterocycles. The summed E-state index contributed by atoms with van der Waals surface area (Å²) in [5.74, 6) is 0. The van der Waals surface area contributed by atoms with Crippen molar-refractivity contribution in [3.63, 3.8) is 0 Å². The summed E-state index contributed by atoms with van der Waals surface area (Å²) in [7, 11) is -3.28. The van der Waals surface area contributed by atoms with Gasteiger partial charge >= 0.3 is 0 Å². The topological polar surface area (TPSA) is 0 Å². The molecule has 0 fully saturated rings. The molecule has 0 unspecified atom stereocenters. The van der Waals surface area contributed by atoms with Gasteiger partial charge in [0.25, 0.3) is 0 Å². The van der Waals surface area contributed by atoms with Crippen LogP contribution in [0.4, 0.5) is 0 Å². The normalized spacial score (nSPS) is 11.7. The SMILES string of the molecule is CC1=[C-]CC=C1[Si](c1cc(-c2ccccc2)cc(-c2ccccc2)c1)(c1cc(-c2ccccc2)cc(-c2ccccc2)c1)c1cc(-c2ccccc2)cc(-c2ccccc2)c1.Cl.Cl.Cl.[Ti]. The zero-order valence-corrected chi connectivity index (χ0v) is 41.0. The second-order valence-corrected chi connectivity index (χ2v) is 19.7. The zero-order chi connectivity index (χ0) is 41.0. The molecule has 0 aromatic heterocycles. The van der Waals surface area contributed by atoms with Crippen LogP contribution in [0.2, 0.25) is 0 Å². The molecule has 0 bridgehead atoms. The fourth-order valence-electron chi connectivity index (χ4n) is 9.27. The molecule has 0 saturated carbocycles. The van der Waals surface area contributed by atoms with Crippen LogP contribution in [0.1, 0.15) is 13.3 Å². The minimum atomic E-state index is -3.28. The fraction of sp³-hybridized carbons (Fsp3) is 0.0333. The van der Waals surface area contributed by atoms with Crippen molar-refractivity contribution in [2.24, 2.45) is 0 Å². The standard InChI is InChI=1S/C60H45Si.3ClH.Ti/c1-44-21-20-34-60(44)61(57-38-51(45-22-8-2-9-23-45)35-52(39-57)46-24-10-3-11-25-46,58-40-53(47-26-12-4-13-27-47)36-54(41-58)48-28-14-5-15-29-48)59-42-55(49-30-16-6-17-31-49)37-56(43-59)50-32-18-7-19-33-50;;;;/h2-19,22-43H,20H2,1H3;3*1H;/q-1;;;;. The van der Waals surface area contributed by atoms with Gasteiger partial charge in [0, 0.05) is 21.7 Å². The van der Waals surface area contributed by atoms with Gasteiger partial charge in [-0.2, -0.15) is 11.3 Å². The summed E-state index contributed by atoms with van der Waals surface area (Å²) in [6.07, 6.45) is 7.10. The largest absolute Gasteiger partial charge is 0.270 e. The van der Waals surface area contributed by atoms with E-state index in [9.17, 15) is 0 Å². The Balaban J connectivity index is 0.00000175. The first-order valence-electron chi connectivity index (χ1n) is 21.2. The van der Waals surface area contributed by atoms with Crippen molar-refractivity contribution in [2.45, 2.75) is 13.3 Å². The Bertz CT molecular complexity index is 2550. The van der Waals surface area contributed by atoms with Gasteiger partial charge < -0.3 is 0 Å². The Labute approximate surface area is 419 Å². The van der Waals surface area contributed by atoms with Gasteiger partial charge in [-0.25, -0.2) is 5.57 Å².